The number of amides is 1. The van der Waals surface area contributed by atoms with Crippen molar-refractivity contribution in [3.63, 3.8) is 0 Å². The molecule has 1 amide bonds. The lowest BCUT2D eigenvalue weighted by atomic mass is 9.74. The molecule has 11 heteroatoms. The van der Waals surface area contributed by atoms with Crippen LogP contribution >= 0.6 is 0 Å². The molecule has 4 aliphatic rings. The van der Waals surface area contributed by atoms with Gasteiger partial charge in [0.05, 0.1) is 29.8 Å². The molecule has 3 aliphatic heterocycles. The first kappa shape index (κ1) is 27.5. The van der Waals surface area contributed by atoms with Crippen molar-refractivity contribution in [1.29, 1.82) is 0 Å². The molecule has 1 aliphatic carbocycles. The number of hydrogen-bond acceptors (Lipinski definition) is 6. The van der Waals surface area contributed by atoms with Gasteiger partial charge in [0.15, 0.2) is 19.3 Å². The predicted octanol–water partition coefficient (Wildman–Crippen LogP) is 5.50. The maximum absolute atomic E-state index is 14.0. The molecular formula is C29H37F3N4O4. The molecule has 0 unspecified atom stereocenters. The molecule has 3 fully saturated rings. The monoisotopic (exact) mass is 562 g/mol. The Hall–Kier alpha value is -2.63. The van der Waals surface area contributed by atoms with Gasteiger partial charge < -0.3 is 24.0 Å². The molecule has 40 heavy (non-hydrogen) atoms. The molecule has 0 N–H and O–H groups in total. The summed E-state index contributed by atoms with van der Waals surface area (Å²) >= 11 is 0. The van der Waals surface area contributed by atoms with Crippen LogP contribution in [-0.2, 0) is 27.0 Å². The van der Waals surface area contributed by atoms with Gasteiger partial charge in [-0.15, -0.1) is 0 Å². The summed E-state index contributed by atoms with van der Waals surface area (Å²) in [6, 6.07) is 4.10. The predicted molar refractivity (Wildman–Crippen MR) is 139 cm³/mol. The number of ether oxygens (including phenoxy) is 3. The second-order valence-electron chi connectivity index (χ2n) is 12.0. The van der Waals surface area contributed by atoms with Crippen LogP contribution in [0, 0.1) is 11.3 Å². The number of alkyl halides is 3. The van der Waals surface area contributed by atoms with E-state index in [0.717, 1.165) is 62.9 Å². The molecule has 6 rings (SSSR count). The van der Waals surface area contributed by atoms with E-state index in [2.05, 4.69) is 23.8 Å². The van der Waals surface area contributed by atoms with E-state index in [-0.39, 0.29) is 37.7 Å². The summed E-state index contributed by atoms with van der Waals surface area (Å²) in [5.41, 5.74) is 0.0609. The van der Waals surface area contributed by atoms with Crippen LogP contribution in [0.1, 0.15) is 81.9 Å². The van der Waals surface area contributed by atoms with Crippen molar-refractivity contribution in [1.82, 2.24) is 19.6 Å². The van der Waals surface area contributed by atoms with Gasteiger partial charge in [-0.25, -0.2) is 0 Å². The van der Waals surface area contributed by atoms with Gasteiger partial charge in [-0.1, -0.05) is 13.8 Å². The number of likely N-dealkylation sites (tertiary alicyclic amines) is 1. The molecule has 0 radical (unpaired) electrons. The van der Waals surface area contributed by atoms with Crippen LogP contribution in [0.4, 0.5) is 13.2 Å². The maximum atomic E-state index is 14.0. The Morgan fingerprint density at radius 2 is 1.88 bits per heavy atom. The first-order valence-electron chi connectivity index (χ1n) is 14.2. The third-order valence-corrected chi connectivity index (χ3v) is 9.38. The zero-order valence-corrected chi connectivity index (χ0v) is 23.2. The first-order valence-corrected chi connectivity index (χ1v) is 14.2. The Balaban J connectivity index is 1.09. The van der Waals surface area contributed by atoms with Crippen LogP contribution in [0.15, 0.2) is 30.6 Å². The smallest absolute Gasteiger partial charge is 0.416 e. The molecular weight excluding hydrogens is 525 g/mol. The van der Waals surface area contributed by atoms with E-state index in [1.54, 1.807) is 4.90 Å². The van der Waals surface area contributed by atoms with Crippen molar-refractivity contribution in [3.05, 3.63) is 47.3 Å². The highest BCUT2D eigenvalue weighted by Gasteiger charge is 2.51. The van der Waals surface area contributed by atoms with E-state index < -0.39 is 17.2 Å². The second kappa shape index (κ2) is 10.3. The Bertz CT molecular complexity index is 1240. The fraction of sp³-hybridized carbons (Fsp3) is 0.655. The SMILES string of the molecule is CC1OC(c2cnn(C3CCN([C@@H]4CC[C@@](C(=O)N5COc6ccc(C(F)(F)F)cc6C5)(C(C)C)C4)CC3)c2)O1. The average molecular weight is 563 g/mol. The molecule has 2 aromatic rings. The quantitative estimate of drug-likeness (QED) is 0.479. The number of nitrogens with zero attached hydrogens (tertiary/aromatic N) is 4. The highest BCUT2D eigenvalue weighted by atomic mass is 19.4. The lowest BCUT2D eigenvalue weighted by Crippen LogP contribution is -2.49. The van der Waals surface area contributed by atoms with E-state index in [1.807, 2.05) is 24.0 Å². The molecule has 1 aromatic heterocycles. The lowest BCUT2D eigenvalue weighted by molar-refractivity contribution is -0.382. The number of fused-ring (bicyclic) bond motifs is 1. The normalized spacial score (nSPS) is 29.8. The van der Waals surface area contributed by atoms with Gasteiger partial charge in [0.1, 0.15) is 5.75 Å². The molecule has 0 spiro atoms. The molecule has 1 saturated carbocycles. The maximum Gasteiger partial charge on any atom is 0.416 e. The molecule has 0 bridgehead atoms. The molecule has 4 heterocycles. The Kier molecular flexibility index (Phi) is 7.11. The third kappa shape index (κ3) is 5.00. The Morgan fingerprint density at radius 1 is 1.12 bits per heavy atom. The molecule has 218 valence electrons. The van der Waals surface area contributed by atoms with E-state index in [4.69, 9.17) is 14.2 Å². The highest BCUT2D eigenvalue weighted by molar-refractivity contribution is 5.83. The van der Waals surface area contributed by atoms with Crippen molar-refractivity contribution in [2.45, 2.75) is 90.3 Å². The summed E-state index contributed by atoms with van der Waals surface area (Å²) in [5.74, 6) is 0.503. The minimum atomic E-state index is -4.44. The zero-order valence-electron chi connectivity index (χ0n) is 23.2. The third-order valence-electron chi connectivity index (χ3n) is 9.38. The van der Waals surface area contributed by atoms with Crippen molar-refractivity contribution >= 4 is 5.91 Å². The first-order chi connectivity index (χ1) is 19.0. The number of piperidine rings is 1. The van der Waals surface area contributed by atoms with Crippen molar-refractivity contribution in [2.75, 3.05) is 19.8 Å². The van der Waals surface area contributed by atoms with Crippen molar-refractivity contribution in [3.8, 4) is 5.75 Å². The number of hydrogen-bond donors (Lipinski definition) is 0. The Morgan fingerprint density at radius 3 is 2.55 bits per heavy atom. The van der Waals surface area contributed by atoms with Gasteiger partial charge in [-0.05, 0) is 63.1 Å². The zero-order chi connectivity index (χ0) is 28.2. The molecule has 2 atom stereocenters. The molecule has 8 nitrogen and oxygen atoms in total. The number of aromatic nitrogens is 2. The van der Waals surface area contributed by atoms with E-state index in [9.17, 15) is 18.0 Å². The number of carbonyl (C=O) groups is 1. The van der Waals surface area contributed by atoms with Gasteiger partial charge in [0, 0.05) is 36.5 Å². The summed E-state index contributed by atoms with van der Waals surface area (Å²) in [5, 5.41) is 4.56. The van der Waals surface area contributed by atoms with Gasteiger partial charge in [-0.3, -0.25) is 9.48 Å². The summed E-state index contributed by atoms with van der Waals surface area (Å²) in [7, 11) is 0. The van der Waals surface area contributed by atoms with Crippen LogP contribution in [0.25, 0.3) is 0 Å². The largest absolute Gasteiger partial charge is 0.473 e. The summed E-state index contributed by atoms with van der Waals surface area (Å²) in [4.78, 5) is 18.1. The summed E-state index contributed by atoms with van der Waals surface area (Å²) in [6.45, 7) is 8.08. The van der Waals surface area contributed by atoms with Gasteiger partial charge >= 0.3 is 6.18 Å². The fourth-order valence-electron chi connectivity index (χ4n) is 6.90. The number of halogens is 3. The highest BCUT2D eigenvalue weighted by Crippen LogP contribution is 2.49. The molecule has 2 saturated heterocycles. The van der Waals surface area contributed by atoms with Gasteiger partial charge in [0.2, 0.25) is 5.91 Å². The van der Waals surface area contributed by atoms with Gasteiger partial charge in [0.25, 0.3) is 0 Å². The topological polar surface area (TPSA) is 69.1 Å². The van der Waals surface area contributed by atoms with Crippen LogP contribution < -0.4 is 4.74 Å². The number of carbonyl (C=O) groups excluding carboxylic acids is 1. The van der Waals surface area contributed by atoms with Crippen LogP contribution in [0.3, 0.4) is 0 Å². The van der Waals surface area contributed by atoms with Crippen LogP contribution in [0.5, 0.6) is 5.75 Å². The summed E-state index contributed by atoms with van der Waals surface area (Å²) < 4.78 is 58.8. The fourth-order valence-corrected chi connectivity index (χ4v) is 6.90. The van der Waals surface area contributed by atoms with E-state index in [0.29, 0.717) is 23.4 Å². The lowest BCUT2D eigenvalue weighted by Gasteiger charge is -2.41. The van der Waals surface area contributed by atoms with Crippen LogP contribution in [-0.4, -0.2) is 57.6 Å². The second-order valence-corrected chi connectivity index (χ2v) is 12.0. The summed E-state index contributed by atoms with van der Waals surface area (Å²) in [6.07, 6.45) is 3.29. The van der Waals surface area contributed by atoms with Crippen LogP contribution in [0.2, 0.25) is 0 Å². The van der Waals surface area contributed by atoms with Crippen molar-refractivity contribution in [2.24, 2.45) is 11.3 Å². The van der Waals surface area contributed by atoms with E-state index >= 15 is 0 Å². The van der Waals surface area contributed by atoms with Gasteiger partial charge in [-0.2, -0.15) is 18.3 Å². The number of rotatable bonds is 5. The standard InChI is InChI=1S/C29H37F3N4O4/c1-18(2)28(27(37)35-15-20-12-22(29(30,31)32)4-5-25(20)38-17-35)9-6-24(13-28)34-10-7-23(8-11-34)36-16-21(14-33-36)26-39-19(3)40-26/h4-5,12,14,16,18-19,23-24,26H,6-11,13,15,17H2,1-3H3/t19?,24-,26?,28+/m1/s1. The minimum absolute atomic E-state index is 0.0123. The average Bonchev–Trinajstić information content (AvgIpc) is 3.59. The number of benzene rings is 1. The minimum Gasteiger partial charge on any atom is -0.473 e. The van der Waals surface area contributed by atoms with E-state index in [1.165, 1.54) is 6.07 Å². The Labute approximate surface area is 232 Å². The molecule has 1 aromatic carbocycles. The van der Waals surface area contributed by atoms with Crippen molar-refractivity contribution < 1.29 is 32.2 Å².